The van der Waals surface area contributed by atoms with Crippen molar-refractivity contribution >= 4 is 5.78 Å². The first-order valence-corrected chi connectivity index (χ1v) is 7.20. The van der Waals surface area contributed by atoms with Gasteiger partial charge in [0.1, 0.15) is 0 Å². The summed E-state index contributed by atoms with van der Waals surface area (Å²) < 4.78 is 0. The van der Waals surface area contributed by atoms with Crippen LogP contribution in [0, 0.1) is 0 Å². The van der Waals surface area contributed by atoms with Gasteiger partial charge < -0.3 is 0 Å². The highest BCUT2D eigenvalue weighted by Crippen LogP contribution is 2.15. The molecule has 0 bridgehead atoms. The fourth-order valence-corrected chi connectivity index (χ4v) is 2.85. The molecule has 19 heavy (non-hydrogen) atoms. The van der Waals surface area contributed by atoms with Gasteiger partial charge in [-0.1, -0.05) is 37.3 Å². The molecule has 0 spiro atoms. The summed E-state index contributed by atoms with van der Waals surface area (Å²) in [5.74, 6) is 0.234. The maximum absolute atomic E-state index is 12.4. The number of hydrogen-bond acceptors (Lipinski definition) is 3. The third-order valence-electron chi connectivity index (χ3n) is 4.19. The molecule has 104 valence electrons. The molecule has 0 radical (unpaired) electrons. The lowest BCUT2D eigenvalue weighted by Gasteiger charge is -2.41. The summed E-state index contributed by atoms with van der Waals surface area (Å²) in [5.41, 5.74) is 0.820. The van der Waals surface area contributed by atoms with Gasteiger partial charge in [-0.15, -0.1) is 0 Å². The van der Waals surface area contributed by atoms with Crippen LogP contribution in [-0.4, -0.2) is 53.8 Å². The van der Waals surface area contributed by atoms with E-state index in [1.54, 1.807) is 0 Å². The molecule has 2 unspecified atom stereocenters. The summed E-state index contributed by atoms with van der Waals surface area (Å²) in [7, 11) is 0. The van der Waals surface area contributed by atoms with Crippen LogP contribution >= 0.6 is 0 Å². The van der Waals surface area contributed by atoms with Crippen LogP contribution in [0.2, 0.25) is 0 Å². The van der Waals surface area contributed by atoms with Gasteiger partial charge >= 0.3 is 0 Å². The predicted octanol–water partition coefficient (Wildman–Crippen LogP) is 2.28. The van der Waals surface area contributed by atoms with Gasteiger partial charge in [-0.2, -0.15) is 0 Å². The topological polar surface area (TPSA) is 23.6 Å². The first-order chi connectivity index (χ1) is 9.13. The highest BCUT2D eigenvalue weighted by molar-refractivity contribution is 5.99. The zero-order valence-electron chi connectivity index (χ0n) is 12.2. The van der Waals surface area contributed by atoms with Gasteiger partial charge in [0, 0.05) is 31.2 Å². The van der Waals surface area contributed by atoms with Crippen molar-refractivity contribution in [1.29, 1.82) is 0 Å². The lowest BCUT2D eigenvalue weighted by atomic mass is 10.0. The lowest BCUT2D eigenvalue weighted by molar-refractivity contribution is 0.0533. The van der Waals surface area contributed by atoms with E-state index < -0.39 is 0 Å². The van der Waals surface area contributed by atoms with Gasteiger partial charge in [0.2, 0.25) is 0 Å². The summed E-state index contributed by atoms with van der Waals surface area (Å²) in [5, 5.41) is 0. The Hall–Kier alpha value is -1.19. The molecule has 3 heteroatoms. The average Bonchev–Trinajstić information content (AvgIpc) is 2.46. The van der Waals surface area contributed by atoms with E-state index in [-0.39, 0.29) is 11.8 Å². The van der Waals surface area contributed by atoms with Crippen molar-refractivity contribution in [3.8, 4) is 0 Å². The molecule has 1 aliphatic rings. The maximum Gasteiger partial charge on any atom is 0.179 e. The zero-order valence-corrected chi connectivity index (χ0v) is 12.2. The van der Waals surface area contributed by atoms with E-state index in [1.807, 2.05) is 37.3 Å². The number of ketones is 1. The van der Waals surface area contributed by atoms with E-state index in [2.05, 4.69) is 23.6 Å². The standard InChI is InChI=1S/C16H24N2O/c1-4-17-10-11-18(12-13(17)2)14(3)16(19)15-8-6-5-7-9-15/h5-9,13-14H,4,10-12H2,1-3H3. The monoisotopic (exact) mass is 260 g/mol. The van der Waals surface area contributed by atoms with Gasteiger partial charge in [0.25, 0.3) is 0 Å². The molecule has 0 N–H and O–H groups in total. The van der Waals surface area contributed by atoms with Crippen LogP contribution in [0.25, 0.3) is 0 Å². The van der Waals surface area contributed by atoms with Crippen molar-refractivity contribution in [1.82, 2.24) is 9.80 Å². The van der Waals surface area contributed by atoms with Crippen LogP contribution in [0.15, 0.2) is 30.3 Å². The first kappa shape index (κ1) is 14.2. The molecule has 2 rings (SSSR count). The smallest absolute Gasteiger partial charge is 0.179 e. The first-order valence-electron chi connectivity index (χ1n) is 7.20. The third-order valence-corrected chi connectivity index (χ3v) is 4.19. The number of carbonyl (C=O) groups is 1. The lowest BCUT2D eigenvalue weighted by Crippen LogP contribution is -2.55. The molecule has 1 fully saturated rings. The Labute approximate surface area is 116 Å². The number of nitrogens with zero attached hydrogens (tertiary/aromatic N) is 2. The van der Waals surface area contributed by atoms with Crippen LogP contribution in [0.5, 0.6) is 0 Å². The van der Waals surface area contributed by atoms with Crippen LogP contribution in [0.1, 0.15) is 31.1 Å². The SMILES string of the molecule is CCN1CCN(C(C)C(=O)c2ccccc2)CC1C. The molecule has 0 aliphatic carbocycles. The Kier molecular flexibility index (Phi) is 4.72. The number of rotatable bonds is 4. The van der Waals surface area contributed by atoms with E-state index in [0.29, 0.717) is 6.04 Å². The molecule has 1 aliphatic heterocycles. The van der Waals surface area contributed by atoms with Gasteiger partial charge in [-0.25, -0.2) is 0 Å². The van der Waals surface area contributed by atoms with Crippen LogP contribution < -0.4 is 0 Å². The van der Waals surface area contributed by atoms with Crippen LogP contribution in [-0.2, 0) is 0 Å². The highest BCUT2D eigenvalue weighted by Gasteiger charge is 2.29. The van der Waals surface area contributed by atoms with Gasteiger partial charge in [-0.3, -0.25) is 14.6 Å². The van der Waals surface area contributed by atoms with Crippen molar-refractivity contribution in [2.75, 3.05) is 26.2 Å². The fraction of sp³-hybridized carbons (Fsp3) is 0.562. The minimum atomic E-state index is -0.0242. The number of likely N-dealkylation sites (N-methyl/N-ethyl adjacent to an activating group) is 1. The molecule has 1 aromatic carbocycles. The van der Waals surface area contributed by atoms with E-state index in [1.165, 1.54) is 0 Å². The van der Waals surface area contributed by atoms with Crippen LogP contribution in [0.3, 0.4) is 0 Å². The summed E-state index contributed by atoms with van der Waals surface area (Å²) in [6.45, 7) is 10.6. The Morgan fingerprint density at radius 2 is 2.00 bits per heavy atom. The summed E-state index contributed by atoms with van der Waals surface area (Å²) in [6.07, 6.45) is 0. The van der Waals surface area contributed by atoms with Crippen LogP contribution in [0.4, 0.5) is 0 Å². The zero-order chi connectivity index (χ0) is 13.8. The molecular formula is C16H24N2O. The minimum Gasteiger partial charge on any atom is -0.298 e. The number of Topliss-reactive ketones (excluding diaryl/α,β-unsaturated/α-hetero) is 1. The van der Waals surface area contributed by atoms with Crippen molar-refractivity contribution in [2.24, 2.45) is 0 Å². The minimum absolute atomic E-state index is 0.0242. The predicted molar refractivity (Wildman–Crippen MR) is 78.5 cm³/mol. The molecule has 1 heterocycles. The number of hydrogen-bond donors (Lipinski definition) is 0. The van der Waals surface area contributed by atoms with E-state index in [9.17, 15) is 4.79 Å². The molecule has 1 aromatic rings. The molecule has 0 saturated carbocycles. The second-order valence-electron chi connectivity index (χ2n) is 5.38. The molecule has 2 atom stereocenters. The summed E-state index contributed by atoms with van der Waals surface area (Å²) >= 11 is 0. The summed E-state index contributed by atoms with van der Waals surface area (Å²) in [6, 6.07) is 10.1. The number of carbonyl (C=O) groups excluding carboxylic acids is 1. The Balaban J connectivity index is 2.01. The number of piperazine rings is 1. The maximum atomic E-state index is 12.4. The van der Waals surface area contributed by atoms with Gasteiger partial charge in [-0.05, 0) is 20.4 Å². The molecule has 0 amide bonds. The highest BCUT2D eigenvalue weighted by atomic mass is 16.1. The summed E-state index contributed by atoms with van der Waals surface area (Å²) in [4.78, 5) is 17.2. The molecule has 3 nitrogen and oxygen atoms in total. The molecular weight excluding hydrogens is 236 g/mol. The Morgan fingerprint density at radius 3 is 2.58 bits per heavy atom. The van der Waals surface area contributed by atoms with Crippen molar-refractivity contribution in [2.45, 2.75) is 32.9 Å². The van der Waals surface area contributed by atoms with Crippen molar-refractivity contribution in [3.05, 3.63) is 35.9 Å². The quantitative estimate of drug-likeness (QED) is 0.776. The largest absolute Gasteiger partial charge is 0.298 e. The van der Waals surface area contributed by atoms with Gasteiger partial charge in [0.05, 0.1) is 6.04 Å². The Bertz CT molecular complexity index is 418. The number of benzene rings is 1. The Morgan fingerprint density at radius 1 is 1.32 bits per heavy atom. The third kappa shape index (κ3) is 3.23. The van der Waals surface area contributed by atoms with E-state index in [4.69, 9.17) is 0 Å². The molecule has 1 saturated heterocycles. The second kappa shape index (κ2) is 6.31. The van der Waals surface area contributed by atoms with Gasteiger partial charge in [0.15, 0.2) is 5.78 Å². The van der Waals surface area contributed by atoms with Crippen molar-refractivity contribution < 1.29 is 4.79 Å². The average molecular weight is 260 g/mol. The molecule has 0 aromatic heterocycles. The van der Waals surface area contributed by atoms with Crippen molar-refractivity contribution in [3.63, 3.8) is 0 Å². The normalized spacial score (nSPS) is 23.2. The van der Waals surface area contributed by atoms with E-state index >= 15 is 0 Å². The fourth-order valence-electron chi connectivity index (χ4n) is 2.85. The second-order valence-corrected chi connectivity index (χ2v) is 5.38. The van der Waals surface area contributed by atoms with E-state index in [0.717, 1.165) is 31.7 Å².